The number of halogens is 2. The van der Waals surface area contributed by atoms with Crippen LogP contribution in [0.3, 0.4) is 0 Å². The Morgan fingerprint density at radius 2 is 1.77 bits per heavy atom. The van der Waals surface area contributed by atoms with Gasteiger partial charge in [-0.15, -0.1) is 11.3 Å². The Balaban J connectivity index is 1.63. The number of carbonyl (C=O) groups is 2. The summed E-state index contributed by atoms with van der Waals surface area (Å²) in [5.74, 6) is -0.533. The molecule has 8 heteroatoms. The van der Waals surface area contributed by atoms with Gasteiger partial charge >= 0.3 is 5.97 Å². The monoisotopic (exact) mass is 471 g/mol. The molecule has 0 spiro atoms. The van der Waals surface area contributed by atoms with E-state index < -0.39 is 11.9 Å². The third-order valence-electron chi connectivity index (χ3n) is 4.52. The molecule has 2 aromatic heterocycles. The van der Waals surface area contributed by atoms with Crippen molar-refractivity contribution in [3.05, 3.63) is 87.4 Å². The molecule has 156 valence electrons. The van der Waals surface area contributed by atoms with Crippen LogP contribution in [0.2, 0.25) is 10.0 Å². The van der Waals surface area contributed by atoms with Gasteiger partial charge in [0.2, 0.25) is 0 Å². The third kappa shape index (κ3) is 4.37. The molecular formula is C23H15Cl2NO4S. The normalized spacial score (nSPS) is 10.7. The number of ether oxygens (including phenoxy) is 1. The number of amides is 1. The summed E-state index contributed by atoms with van der Waals surface area (Å²) in [5.41, 5.74) is 2.43. The lowest BCUT2D eigenvalue weighted by Crippen LogP contribution is -2.13. The number of hydrogen-bond donors (Lipinski definition) is 1. The summed E-state index contributed by atoms with van der Waals surface area (Å²) in [6.07, 6.45) is 0. The number of esters is 1. The highest BCUT2D eigenvalue weighted by Crippen LogP contribution is 2.37. The van der Waals surface area contributed by atoms with Crippen LogP contribution >= 0.6 is 34.5 Å². The molecule has 1 N–H and O–H groups in total. The first-order valence-electron chi connectivity index (χ1n) is 9.09. The first-order chi connectivity index (χ1) is 15.0. The minimum absolute atomic E-state index is 0.0755. The summed E-state index contributed by atoms with van der Waals surface area (Å²) in [5, 5.41) is 5.84. The lowest BCUT2D eigenvalue weighted by molar-refractivity contribution is 0.0603. The van der Waals surface area contributed by atoms with E-state index in [9.17, 15) is 9.59 Å². The van der Waals surface area contributed by atoms with Crippen molar-refractivity contribution < 1.29 is 18.7 Å². The number of nitrogens with one attached hydrogen (secondary N) is 1. The summed E-state index contributed by atoms with van der Waals surface area (Å²) < 4.78 is 10.6. The Hall–Kier alpha value is -3.06. The molecule has 0 fully saturated rings. The zero-order valence-electron chi connectivity index (χ0n) is 16.1. The van der Waals surface area contributed by atoms with Crippen molar-refractivity contribution in [3.63, 3.8) is 0 Å². The van der Waals surface area contributed by atoms with Crippen LogP contribution in [0.4, 0.5) is 5.00 Å². The first kappa shape index (κ1) is 21.2. The Morgan fingerprint density at radius 3 is 2.48 bits per heavy atom. The molecule has 2 aromatic carbocycles. The molecule has 31 heavy (non-hydrogen) atoms. The lowest BCUT2D eigenvalue weighted by atomic mass is 10.0. The Labute approximate surface area is 192 Å². The number of hydrogen-bond acceptors (Lipinski definition) is 5. The van der Waals surface area contributed by atoms with Gasteiger partial charge in [-0.05, 0) is 35.9 Å². The van der Waals surface area contributed by atoms with Gasteiger partial charge in [0.25, 0.3) is 5.91 Å². The van der Waals surface area contributed by atoms with Gasteiger partial charge in [0.15, 0.2) is 5.76 Å². The number of methoxy groups -OCH3 is 1. The highest BCUT2D eigenvalue weighted by molar-refractivity contribution is 7.15. The van der Waals surface area contributed by atoms with Crippen LogP contribution in [0.15, 0.2) is 70.5 Å². The molecule has 0 saturated heterocycles. The molecule has 0 saturated carbocycles. The molecule has 0 aliphatic carbocycles. The number of carbonyl (C=O) groups excluding carboxylic acids is 2. The second-order valence-electron chi connectivity index (χ2n) is 6.45. The van der Waals surface area contributed by atoms with E-state index in [4.69, 9.17) is 32.4 Å². The van der Waals surface area contributed by atoms with E-state index in [-0.39, 0.29) is 5.76 Å². The summed E-state index contributed by atoms with van der Waals surface area (Å²) >= 11 is 13.4. The number of benzene rings is 2. The average Bonchev–Trinajstić information content (AvgIpc) is 3.41. The van der Waals surface area contributed by atoms with E-state index in [1.807, 2.05) is 30.3 Å². The minimum Gasteiger partial charge on any atom is -0.465 e. The van der Waals surface area contributed by atoms with Gasteiger partial charge in [-0.1, -0.05) is 53.5 Å². The predicted octanol–water partition coefficient (Wildman–Crippen LogP) is 7.02. The van der Waals surface area contributed by atoms with E-state index in [1.54, 1.807) is 35.7 Å². The number of furan rings is 1. The van der Waals surface area contributed by atoms with Crippen LogP contribution in [-0.2, 0) is 4.74 Å². The van der Waals surface area contributed by atoms with Crippen LogP contribution in [0, 0.1) is 0 Å². The van der Waals surface area contributed by atoms with Crippen LogP contribution in [0.5, 0.6) is 0 Å². The second-order valence-corrected chi connectivity index (χ2v) is 8.18. The highest BCUT2D eigenvalue weighted by Gasteiger charge is 2.23. The van der Waals surface area contributed by atoms with E-state index in [0.29, 0.717) is 37.5 Å². The molecule has 4 rings (SSSR count). The Morgan fingerprint density at radius 1 is 1.00 bits per heavy atom. The summed E-state index contributed by atoms with van der Waals surface area (Å²) in [4.78, 5) is 25.2. The topological polar surface area (TPSA) is 68.5 Å². The first-order valence-corrected chi connectivity index (χ1v) is 10.7. The van der Waals surface area contributed by atoms with E-state index in [0.717, 1.165) is 5.56 Å². The van der Waals surface area contributed by atoms with Crippen molar-refractivity contribution in [3.8, 4) is 22.5 Å². The van der Waals surface area contributed by atoms with Gasteiger partial charge in [-0.2, -0.15) is 0 Å². The van der Waals surface area contributed by atoms with Gasteiger partial charge in [0.05, 0.1) is 12.1 Å². The maximum Gasteiger partial charge on any atom is 0.341 e. The maximum atomic E-state index is 12.8. The molecule has 4 aromatic rings. The van der Waals surface area contributed by atoms with Crippen molar-refractivity contribution in [2.45, 2.75) is 0 Å². The van der Waals surface area contributed by atoms with E-state index in [2.05, 4.69) is 5.32 Å². The van der Waals surface area contributed by atoms with Crippen molar-refractivity contribution >= 4 is 51.4 Å². The summed E-state index contributed by atoms with van der Waals surface area (Å²) in [6.45, 7) is 0. The van der Waals surface area contributed by atoms with Gasteiger partial charge in [-0.25, -0.2) is 4.79 Å². The van der Waals surface area contributed by atoms with Crippen LogP contribution in [0.1, 0.15) is 20.9 Å². The molecular weight excluding hydrogens is 457 g/mol. The fourth-order valence-corrected chi connectivity index (χ4v) is 4.50. The maximum absolute atomic E-state index is 12.8. The van der Waals surface area contributed by atoms with Crippen molar-refractivity contribution in [2.24, 2.45) is 0 Å². The Bertz CT molecular complexity index is 1260. The van der Waals surface area contributed by atoms with Crippen molar-refractivity contribution in [1.82, 2.24) is 0 Å². The van der Waals surface area contributed by atoms with E-state index >= 15 is 0 Å². The molecule has 0 radical (unpaired) electrons. The fourth-order valence-electron chi connectivity index (χ4n) is 3.04. The van der Waals surface area contributed by atoms with E-state index in [1.165, 1.54) is 18.4 Å². The molecule has 1 amide bonds. The van der Waals surface area contributed by atoms with Crippen LogP contribution < -0.4 is 5.32 Å². The smallest absolute Gasteiger partial charge is 0.341 e. The van der Waals surface area contributed by atoms with Crippen LogP contribution in [0.25, 0.3) is 22.5 Å². The number of thiophene rings is 1. The molecule has 0 atom stereocenters. The average molecular weight is 472 g/mol. The van der Waals surface area contributed by atoms with Crippen molar-refractivity contribution in [1.29, 1.82) is 0 Å². The zero-order chi connectivity index (χ0) is 22.0. The summed E-state index contributed by atoms with van der Waals surface area (Å²) in [6, 6.07) is 17.6. The summed E-state index contributed by atoms with van der Waals surface area (Å²) in [7, 11) is 1.30. The SMILES string of the molecule is COC(=O)c1c(-c2ccccc2)csc1NC(=O)c1ccc(-c2ccc(Cl)cc2Cl)o1. The van der Waals surface area contributed by atoms with Gasteiger partial charge in [0.1, 0.15) is 16.3 Å². The molecule has 2 heterocycles. The lowest BCUT2D eigenvalue weighted by Gasteiger charge is -2.07. The minimum atomic E-state index is -0.538. The van der Waals surface area contributed by atoms with Gasteiger partial charge in [0, 0.05) is 21.5 Å². The molecule has 0 unspecified atom stereocenters. The fraction of sp³-hybridized carbons (Fsp3) is 0.0435. The molecule has 0 aliphatic rings. The van der Waals surface area contributed by atoms with Gasteiger partial charge in [-0.3, -0.25) is 4.79 Å². The van der Waals surface area contributed by atoms with Gasteiger partial charge < -0.3 is 14.5 Å². The Kier molecular flexibility index (Phi) is 6.13. The van der Waals surface area contributed by atoms with Crippen molar-refractivity contribution in [2.75, 3.05) is 12.4 Å². The number of rotatable bonds is 5. The van der Waals surface area contributed by atoms with Crippen LogP contribution in [-0.4, -0.2) is 19.0 Å². The zero-order valence-corrected chi connectivity index (χ0v) is 18.5. The molecule has 0 bridgehead atoms. The second kappa shape index (κ2) is 8.98. The largest absolute Gasteiger partial charge is 0.465 e. The molecule has 5 nitrogen and oxygen atoms in total. The predicted molar refractivity (Wildman–Crippen MR) is 123 cm³/mol. The standard InChI is InChI=1S/C23H15Cl2NO4S/c1-29-23(28)20-16(13-5-3-2-4-6-13)12-31-22(20)26-21(27)19-10-9-18(30-19)15-8-7-14(24)11-17(15)25/h2-12H,1H3,(H,26,27). The quantitative estimate of drug-likeness (QED) is 0.317. The molecule has 0 aliphatic heterocycles. The highest BCUT2D eigenvalue weighted by atomic mass is 35.5. The third-order valence-corrected chi connectivity index (χ3v) is 5.96. The number of anilines is 1.